The van der Waals surface area contributed by atoms with Crippen LogP contribution in [0.5, 0.6) is 0 Å². The molecule has 9 heteroatoms. The van der Waals surface area contributed by atoms with Crippen LogP contribution >= 0.6 is 11.6 Å². The van der Waals surface area contributed by atoms with E-state index >= 15 is 0 Å². The van der Waals surface area contributed by atoms with Gasteiger partial charge in [0, 0.05) is 20.1 Å². The van der Waals surface area contributed by atoms with Gasteiger partial charge in [-0.25, -0.2) is 9.78 Å². The van der Waals surface area contributed by atoms with Crippen LogP contribution in [0.15, 0.2) is 15.8 Å². The van der Waals surface area contributed by atoms with E-state index in [0.29, 0.717) is 42.2 Å². The smallest absolute Gasteiger partial charge is 0.330 e. The summed E-state index contributed by atoms with van der Waals surface area (Å²) in [5.41, 5.74) is 5.64. The molecule has 0 aliphatic carbocycles. The fraction of sp³-hybridized carbons (Fsp3) is 0.611. The molecule has 0 amide bonds. The van der Waals surface area contributed by atoms with Crippen LogP contribution in [0.25, 0.3) is 0 Å². The topological polar surface area (TPSA) is 102 Å². The maximum Gasteiger partial charge on any atom is 0.330 e. The molecule has 0 fully saturated rings. The van der Waals surface area contributed by atoms with Crippen molar-refractivity contribution in [1.82, 2.24) is 19.1 Å². The first kappa shape index (κ1) is 21.1. The second-order valence-corrected chi connectivity index (χ2v) is 7.55. The summed E-state index contributed by atoms with van der Waals surface area (Å²) in [5, 5.41) is 0.517. The lowest BCUT2D eigenvalue weighted by Gasteiger charge is -2.26. The van der Waals surface area contributed by atoms with Gasteiger partial charge < -0.3 is 15.2 Å². The van der Waals surface area contributed by atoms with Crippen molar-refractivity contribution < 1.29 is 0 Å². The van der Waals surface area contributed by atoms with Crippen molar-refractivity contribution in [3.8, 4) is 0 Å². The Labute approximate surface area is 164 Å². The highest BCUT2D eigenvalue weighted by Crippen LogP contribution is 2.21. The number of aromatic amines is 1. The molecule has 0 radical (unpaired) electrons. The van der Waals surface area contributed by atoms with Crippen molar-refractivity contribution in [2.45, 2.75) is 53.1 Å². The Morgan fingerprint density at radius 1 is 1.37 bits per heavy atom. The van der Waals surface area contributed by atoms with Gasteiger partial charge in [-0.1, -0.05) is 38.8 Å². The standard InChI is InChI=1S/C18H29ClN6O2/c1-5-6-8-25-16(20)15(17(26)22-18(25)27)24(9-7-12(2)3)11-14-21-10-13(19)23(14)4/h10,12H,5-9,11,20H2,1-4H3,(H,22,26,27). The van der Waals surface area contributed by atoms with Crippen molar-refractivity contribution >= 4 is 23.1 Å². The van der Waals surface area contributed by atoms with Crippen LogP contribution in [0, 0.1) is 5.92 Å². The van der Waals surface area contributed by atoms with Crippen molar-refractivity contribution in [2.24, 2.45) is 13.0 Å². The number of nitrogen functional groups attached to an aromatic ring is 1. The predicted molar refractivity (Wildman–Crippen MR) is 109 cm³/mol. The largest absolute Gasteiger partial charge is 0.383 e. The Hall–Kier alpha value is -2.22. The minimum absolute atomic E-state index is 0.196. The molecule has 0 saturated heterocycles. The van der Waals surface area contributed by atoms with E-state index in [2.05, 4.69) is 23.8 Å². The Kier molecular flexibility index (Phi) is 7.12. The van der Waals surface area contributed by atoms with E-state index in [4.69, 9.17) is 17.3 Å². The number of nitrogens with one attached hydrogen (secondary N) is 1. The SMILES string of the molecule is CCCCn1c(N)c(N(CCC(C)C)Cc2ncc(Cl)n2C)c(=O)[nH]c1=O. The number of unbranched alkanes of at least 4 members (excludes halogenated alkanes) is 1. The van der Waals surface area contributed by atoms with Gasteiger partial charge >= 0.3 is 5.69 Å². The van der Waals surface area contributed by atoms with Gasteiger partial charge in [0.15, 0.2) is 0 Å². The van der Waals surface area contributed by atoms with E-state index in [1.165, 1.54) is 4.57 Å². The highest BCUT2D eigenvalue weighted by molar-refractivity contribution is 6.29. The van der Waals surface area contributed by atoms with Gasteiger partial charge in [-0.15, -0.1) is 0 Å². The molecule has 2 aromatic heterocycles. The molecule has 0 aliphatic rings. The third-order valence-corrected chi connectivity index (χ3v) is 4.95. The monoisotopic (exact) mass is 396 g/mol. The molecule has 8 nitrogen and oxygen atoms in total. The van der Waals surface area contributed by atoms with Crippen molar-refractivity contribution in [1.29, 1.82) is 0 Å². The number of nitrogens with zero attached hydrogens (tertiary/aromatic N) is 4. The number of halogens is 1. The van der Waals surface area contributed by atoms with Gasteiger partial charge in [0.1, 0.15) is 22.5 Å². The molecule has 0 bridgehead atoms. The van der Waals surface area contributed by atoms with Gasteiger partial charge in [0.2, 0.25) is 0 Å². The van der Waals surface area contributed by atoms with Gasteiger partial charge in [0.25, 0.3) is 5.56 Å². The highest BCUT2D eigenvalue weighted by atomic mass is 35.5. The van der Waals surface area contributed by atoms with Crippen LogP contribution < -0.4 is 21.9 Å². The lowest BCUT2D eigenvalue weighted by Crippen LogP contribution is -2.39. The second kappa shape index (κ2) is 9.12. The molecule has 0 aromatic carbocycles. The zero-order valence-electron chi connectivity index (χ0n) is 16.5. The molecule has 0 spiro atoms. The summed E-state index contributed by atoms with van der Waals surface area (Å²) in [6, 6.07) is 0. The van der Waals surface area contributed by atoms with E-state index in [9.17, 15) is 9.59 Å². The average molecular weight is 397 g/mol. The number of rotatable bonds is 9. The Bertz CT molecular complexity index is 883. The molecule has 27 heavy (non-hydrogen) atoms. The number of hydrogen-bond donors (Lipinski definition) is 2. The first-order valence-corrected chi connectivity index (χ1v) is 9.67. The maximum absolute atomic E-state index is 12.6. The van der Waals surface area contributed by atoms with E-state index < -0.39 is 11.2 Å². The Morgan fingerprint density at radius 2 is 2.07 bits per heavy atom. The summed E-state index contributed by atoms with van der Waals surface area (Å²) >= 11 is 6.10. The van der Waals surface area contributed by atoms with Gasteiger partial charge in [0.05, 0.1) is 12.7 Å². The minimum atomic E-state index is -0.477. The fourth-order valence-electron chi connectivity index (χ4n) is 2.85. The summed E-state index contributed by atoms with van der Waals surface area (Å²) < 4.78 is 3.20. The minimum Gasteiger partial charge on any atom is -0.383 e. The molecule has 3 N–H and O–H groups in total. The Morgan fingerprint density at radius 3 is 2.63 bits per heavy atom. The molecule has 2 heterocycles. The van der Waals surface area contributed by atoms with Crippen molar-refractivity contribution in [3.05, 3.63) is 38.0 Å². The van der Waals surface area contributed by atoms with Gasteiger partial charge in [-0.2, -0.15) is 0 Å². The van der Waals surface area contributed by atoms with Crippen molar-refractivity contribution in [3.63, 3.8) is 0 Å². The summed E-state index contributed by atoms with van der Waals surface area (Å²) in [4.78, 5) is 33.4. The molecule has 2 aromatic rings. The fourth-order valence-corrected chi connectivity index (χ4v) is 2.99. The third-order valence-electron chi connectivity index (χ3n) is 4.60. The average Bonchev–Trinajstić information content (AvgIpc) is 2.91. The summed E-state index contributed by atoms with van der Waals surface area (Å²) in [6.45, 7) is 7.72. The summed E-state index contributed by atoms with van der Waals surface area (Å²) in [5.74, 6) is 1.36. The van der Waals surface area contributed by atoms with Crippen LogP contribution in [0.3, 0.4) is 0 Å². The molecule has 2 rings (SSSR count). The van der Waals surface area contributed by atoms with Crippen LogP contribution in [0.4, 0.5) is 11.5 Å². The summed E-state index contributed by atoms with van der Waals surface area (Å²) in [6.07, 6.45) is 4.16. The molecule has 0 atom stereocenters. The quantitative estimate of drug-likeness (QED) is 0.677. The predicted octanol–water partition coefficient (Wildman–Crippen LogP) is 2.36. The van der Waals surface area contributed by atoms with Crippen LogP contribution in [-0.2, 0) is 20.1 Å². The van der Waals surface area contributed by atoms with Crippen LogP contribution in [0.1, 0.15) is 45.9 Å². The van der Waals surface area contributed by atoms with E-state index in [1.54, 1.807) is 10.8 Å². The van der Waals surface area contributed by atoms with Gasteiger partial charge in [-0.05, 0) is 18.8 Å². The highest BCUT2D eigenvalue weighted by Gasteiger charge is 2.21. The molecule has 0 saturated carbocycles. The van der Waals surface area contributed by atoms with E-state index in [0.717, 1.165) is 19.3 Å². The number of imidazole rings is 1. The molecular weight excluding hydrogens is 368 g/mol. The molecule has 0 aliphatic heterocycles. The molecular formula is C18H29ClN6O2. The van der Waals surface area contributed by atoms with Crippen LogP contribution in [-0.4, -0.2) is 25.6 Å². The Balaban J connectivity index is 2.49. The van der Waals surface area contributed by atoms with Crippen molar-refractivity contribution in [2.75, 3.05) is 17.2 Å². The zero-order valence-corrected chi connectivity index (χ0v) is 17.2. The molecule has 0 unspecified atom stereocenters. The van der Waals surface area contributed by atoms with E-state index in [1.807, 2.05) is 18.9 Å². The van der Waals surface area contributed by atoms with Crippen LogP contribution in [0.2, 0.25) is 5.15 Å². The first-order valence-electron chi connectivity index (χ1n) is 9.29. The number of anilines is 2. The maximum atomic E-state index is 12.6. The normalized spacial score (nSPS) is 11.3. The summed E-state index contributed by atoms with van der Waals surface area (Å²) in [7, 11) is 1.82. The first-order chi connectivity index (χ1) is 12.8. The molecule has 150 valence electrons. The van der Waals surface area contributed by atoms with Gasteiger partial charge in [-0.3, -0.25) is 14.3 Å². The number of nitrogens with two attached hydrogens (primary N) is 1. The number of H-pyrrole nitrogens is 1. The van der Waals surface area contributed by atoms with E-state index in [-0.39, 0.29) is 5.82 Å². The third kappa shape index (κ3) is 4.94. The number of hydrogen-bond acceptors (Lipinski definition) is 5. The zero-order chi connectivity index (χ0) is 20.1. The second-order valence-electron chi connectivity index (χ2n) is 7.16. The number of aromatic nitrogens is 4. The lowest BCUT2D eigenvalue weighted by atomic mass is 10.1. The lowest BCUT2D eigenvalue weighted by molar-refractivity contribution is 0.559.